The zero-order valence-electron chi connectivity index (χ0n) is 19.7. The Kier molecular flexibility index (Phi) is 6.97. The van der Waals surface area contributed by atoms with Crippen LogP contribution in [0.3, 0.4) is 0 Å². The first-order valence-electron chi connectivity index (χ1n) is 10.9. The van der Waals surface area contributed by atoms with Crippen LogP contribution in [-0.4, -0.2) is 30.2 Å². The number of aromatic nitrogens is 1. The van der Waals surface area contributed by atoms with Gasteiger partial charge in [-0.15, -0.1) is 0 Å². The Labute approximate surface area is 205 Å². The molecule has 1 aromatic heterocycles. The van der Waals surface area contributed by atoms with E-state index >= 15 is 0 Å². The van der Waals surface area contributed by atoms with Gasteiger partial charge in [-0.2, -0.15) is 0 Å². The predicted molar refractivity (Wildman–Crippen MR) is 131 cm³/mol. The van der Waals surface area contributed by atoms with Gasteiger partial charge in [0, 0.05) is 6.92 Å². The van der Waals surface area contributed by atoms with Crippen LogP contribution in [0.15, 0.2) is 69.6 Å². The van der Waals surface area contributed by atoms with Gasteiger partial charge < -0.3 is 14.2 Å². The third-order valence-electron chi connectivity index (χ3n) is 5.37. The summed E-state index contributed by atoms with van der Waals surface area (Å²) in [5.74, 6) is -0.303. The number of thiazole rings is 1. The van der Waals surface area contributed by atoms with Crippen molar-refractivity contribution in [3.05, 3.63) is 90.6 Å². The minimum Gasteiger partial charge on any atom is -0.493 e. The van der Waals surface area contributed by atoms with Crippen LogP contribution < -0.4 is 24.4 Å². The molecule has 0 spiro atoms. The third kappa shape index (κ3) is 4.81. The van der Waals surface area contributed by atoms with E-state index < -0.39 is 18.0 Å². The number of carbonyl (C=O) groups is 2. The molecule has 2 heterocycles. The van der Waals surface area contributed by atoms with Crippen LogP contribution in [-0.2, 0) is 14.3 Å². The highest BCUT2D eigenvalue weighted by Gasteiger charge is 2.33. The minimum atomic E-state index is -0.658. The molecule has 0 fully saturated rings. The minimum absolute atomic E-state index is 0.215. The van der Waals surface area contributed by atoms with Gasteiger partial charge in [0.1, 0.15) is 0 Å². The SMILES string of the molecule is CCOC(=O)C1=C(C)N=c2s/c(=C/c3ccc(OC(C)=O)c(OC)c3)c(=O)n2[C@H]1c1ccccc1. The van der Waals surface area contributed by atoms with Gasteiger partial charge in [-0.05, 0) is 43.2 Å². The highest BCUT2D eigenvalue weighted by atomic mass is 32.1. The number of esters is 2. The van der Waals surface area contributed by atoms with Gasteiger partial charge in [0.25, 0.3) is 5.56 Å². The van der Waals surface area contributed by atoms with E-state index in [0.29, 0.717) is 31.9 Å². The number of benzene rings is 2. The lowest BCUT2D eigenvalue weighted by Crippen LogP contribution is -2.39. The summed E-state index contributed by atoms with van der Waals surface area (Å²) < 4.78 is 17.8. The molecule has 9 heteroatoms. The Hall–Kier alpha value is -3.98. The van der Waals surface area contributed by atoms with Crippen molar-refractivity contribution in [2.24, 2.45) is 4.99 Å². The number of fused-ring (bicyclic) bond motifs is 1. The van der Waals surface area contributed by atoms with Crippen LogP contribution in [0, 0.1) is 0 Å². The van der Waals surface area contributed by atoms with E-state index in [0.717, 1.165) is 5.56 Å². The highest BCUT2D eigenvalue weighted by Crippen LogP contribution is 2.31. The molecule has 4 rings (SSSR count). The molecule has 0 bridgehead atoms. The molecule has 2 aromatic carbocycles. The molecule has 0 N–H and O–H groups in total. The maximum Gasteiger partial charge on any atom is 0.338 e. The van der Waals surface area contributed by atoms with Crippen molar-refractivity contribution in [1.29, 1.82) is 0 Å². The molecule has 1 aliphatic rings. The first-order chi connectivity index (χ1) is 16.8. The van der Waals surface area contributed by atoms with Gasteiger partial charge in [0.15, 0.2) is 16.3 Å². The molecule has 0 saturated carbocycles. The zero-order valence-corrected chi connectivity index (χ0v) is 20.5. The van der Waals surface area contributed by atoms with Crippen LogP contribution in [0.1, 0.15) is 37.9 Å². The number of carbonyl (C=O) groups excluding carboxylic acids is 2. The summed E-state index contributed by atoms with van der Waals surface area (Å²) in [4.78, 5) is 42.9. The Balaban J connectivity index is 1.88. The number of hydrogen-bond acceptors (Lipinski definition) is 8. The molecule has 0 radical (unpaired) electrons. The summed E-state index contributed by atoms with van der Waals surface area (Å²) in [7, 11) is 1.47. The van der Waals surface area contributed by atoms with Crippen molar-refractivity contribution in [3.8, 4) is 11.5 Å². The highest BCUT2D eigenvalue weighted by molar-refractivity contribution is 7.07. The predicted octanol–water partition coefficient (Wildman–Crippen LogP) is 2.73. The van der Waals surface area contributed by atoms with Gasteiger partial charge in [-0.25, -0.2) is 9.79 Å². The maximum atomic E-state index is 13.6. The van der Waals surface area contributed by atoms with Gasteiger partial charge >= 0.3 is 11.9 Å². The van der Waals surface area contributed by atoms with E-state index in [9.17, 15) is 14.4 Å². The number of rotatable bonds is 6. The van der Waals surface area contributed by atoms with Crippen molar-refractivity contribution >= 4 is 29.4 Å². The van der Waals surface area contributed by atoms with Gasteiger partial charge in [0.2, 0.25) is 0 Å². The molecular weight excluding hydrogens is 468 g/mol. The summed E-state index contributed by atoms with van der Waals surface area (Å²) in [6, 6.07) is 13.7. The van der Waals surface area contributed by atoms with Gasteiger partial charge in [-0.3, -0.25) is 14.2 Å². The summed E-state index contributed by atoms with van der Waals surface area (Å²) in [6.07, 6.45) is 1.72. The molecule has 1 atom stereocenters. The second-order valence-corrected chi connectivity index (χ2v) is 8.73. The Morgan fingerprint density at radius 2 is 1.89 bits per heavy atom. The van der Waals surface area contributed by atoms with E-state index in [1.807, 2.05) is 30.3 Å². The standard InChI is InChI=1S/C26H24N2O6S/c1-5-33-25(31)22-15(2)27-26-28(23(22)18-9-7-6-8-10-18)24(30)21(35-26)14-17-11-12-19(34-16(3)29)20(13-17)32-4/h6-14,23H,5H2,1-4H3/b21-14+/t23-/m0/s1. The molecule has 0 aliphatic carbocycles. The lowest BCUT2D eigenvalue weighted by Gasteiger charge is -2.24. The smallest absolute Gasteiger partial charge is 0.338 e. The molecule has 0 unspecified atom stereocenters. The Bertz CT molecular complexity index is 1500. The van der Waals surface area contributed by atoms with E-state index in [1.165, 1.54) is 29.9 Å². The lowest BCUT2D eigenvalue weighted by atomic mass is 9.96. The van der Waals surface area contributed by atoms with Crippen LogP contribution in [0.25, 0.3) is 6.08 Å². The van der Waals surface area contributed by atoms with Gasteiger partial charge in [0.05, 0.1) is 35.6 Å². The second-order valence-electron chi connectivity index (χ2n) is 7.72. The first-order valence-corrected chi connectivity index (χ1v) is 11.8. The number of methoxy groups -OCH3 is 1. The molecule has 35 heavy (non-hydrogen) atoms. The largest absolute Gasteiger partial charge is 0.493 e. The summed E-state index contributed by atoms with van der Waals surface area (Å²) in [5.41, 5.74) is 2.03. The van der Waals surface area contributed by atoms with Crippen molar-refractivity contribution in [1.82, 2.24) is 4.57 Å². The Morgan fingerprint density at radius 3 is 2.54 bits per heavy atom. The number of ether oxygens (including phenoxy) is 3. The first kappa shape index (κ1) is 24.2. The van der Waals surface area contributed by atoms with Crippen LogP contribution in [0.2, 0.25) is 0 Å². The van der Waals surface area contributed by atoms with Crippen LogP contribution in [0.5, 0.6) is 11.5 Å². The van der Waals surface area contributed by atoms with E-state index in [2.05, 4.69) is 4.99 Å². The fourth-order valence-electron chi connectivity index (χ4n) is 3.91. The van der Waals surface area contributed by atoms with Crippen LogP contribution >= 0.6 is 11.3 Å². The third-order valence-corrected chi connectivity index (χ3v) is 6.35. The monoisotopic (exact) mass is 492 g/mol. The fraction of sp³-hybridized carbons (Fsp3) is 0.231. The zero-order chi connectivity index (χ0) is 25.1. The average molecular weight is 493 g/mol. The quantitative estimate of drug-likeness (QED) is 0.388. The molecule has 0 amide bonds. The second kappa shape index (κ2) is 10.1. The topological polar surface area (TPSA) is 96.2 Å². The normalized spacial score (nSPS) is 15.3. The van der Waals surface area contributed by atoms with E-state index in [1.54, 1.807) is 38.1 Å². The molecule has 1 aliphatic heterocycles. The van der Waals surface area contributed by atoms with Crippen molar-refractivity contribution in [2.45, 2.75) is 26.8 Å². The summed E-state index contributed by atoms with van der Waals surface area (Å²) >= 11 is 1.23. The molecular formula is C26H24N2O6S. The van der Waals surface area contributed by atoms with E-state index in [-0.39, 0.29) is 17.9 Å². The Morgan fingerprint density at radius 1 is 1.14 bits per heavy atom. The number of nitrogens with zero attached hydrogens (tertiary/aromatic N) is 2. The van der Waals surface area contributed by atoms with Crippen molar-refractivity contribution in [2.75, 3.05) is 13.7 Å². The van der Waals surface area contributed by atoms with E-state index in [4.69, 9.17) is 14.2 Å². The van der Waals surface area contributed by atoms with Gasteiger partial charge in [-0.1, -0.05) is 47.7 Å². The van der Waals surface area contributed by atoms with Crippen molar-refractivity contribution < 1.29 is 23.8 Å². The summed E-state index contributed by atoms with van der Waals surface area (Å²) in [5, 5.41) is 0. The molecule has 3 aromatic rings. The van der Waals surface area contributed by atoms with Crippen LogP contribution in [0.4, 0.5) is 0 Å². The number of hydrogen-bond donors (Lipinski definition) is 0. The molecule has 180 valence electrons. The lowest BCUT2D eigenvalue weighted by molar-refractivity contribution is -0.139. The fourth-order valence-corrected chi connectivity index (χ4v) is 4.95. The maximum absolute atomic E-state index is 13.6. The average Bonchev–Trinajstić information content (AvgIpc) is 3.13. The molecule has 8 nitrogen and oxygen atoms in total. The molecule has 0 saturated heterocycles. The number of allylic oxidation sites excluding steroid dienone is 1. The summed E-state index contributed by atoms with van der Waals surface area (Å²) in [6.45, 7) is 5.01. The van der Waals surface area contributed by atoms with Crippen molar-refractivity contribution in [3.63, 3.8) is 0 Å².